The van der Waals surface area contributed by atoms with Gasteiger partial charge in [-0.1, -0.05) is 24.3 Å². The predicted octanol–water partition coefficient (Wildman–Crippen LogP) is 3.66. The van der Waals surface area contributed by atoms with Gasteiger partial charge in [-0.05, 0) is 36.8 Å². The highest BCUT2D eigenvalue weighted by atomic mass is 32.1. The number of nitrogens with zero attached hydrogens (tertiary/aromatic N) is 1. The summed E-state index contributed by atoms with van der Waals surface area (Å²) in [5.41, 5.74) is 4.10. The van der Waals surface area contributed by atoms with E-state index in [1.165, 1.54) is 29.7 Å². The highest BCUT2D eigenvalue weighted by molar-refractivity contribution is 7.09. The van der Waals surface area contributed by atoms with E-state index in [0.29, 0.717) is 0 Å². The average Bonchev–Trinajstić information content (AvgIpc) is 3.19. The number of aromatic nitrogens is 1. The van der Waals surface area contributed by atoms with Crippen molar-refractivity contribution in [1.82, 2.24) is 10.3 Å². The van der Waals surface area contributed by atoms with Gasteiger partial charge in [0.05, 0.1) is 10.7 Å². The molecule has 0 radical (unpaired) electrons. The summed E-state index contributed by atoms with van der Waals surface area (Å²) in [6, 6.07) is 9.10. The normalized spacial score (nSPS) is 14.8. The van der Waals surface area contributed by atoms with Crippen LogP contribution >= 0.6 is 11.3 Å². The Balaban J connectivity index is 1.41. The van der Waals surface area contributed by atoms with Crippen molar-refractivity contribution in [2.45, 2.75) is 38.6 Å². The lowest BCUT2D eigenvalue weighted by molar-refractivity contribution is 0.681. The topological polar surface area (TPSA) is 24.9 Å². The maximum atomic E-state index is 4.47. The average molecular weight is 272 g/mol. The van der Waals surface area contributed by atoms with Crippen LogP contribution in [-0.4, -0.2) is 11.5 Å². The van der Waals surface area contributed by atoms with Crippen LogP contribution < -0.4 is 5.32 Å². The highest BCUT2D eigenvalue weighted by Gasteiger charge is 2.22. The summed E-state index contributed by atoms with van der Waals surface area (Å²) < 4.78 is 0. The molecule has 3 heteroatoms. The minimum atomic E-state index is 0.856. The molecular formula is C16H20N2S. The number of hydrogen-bond donors (Lipinski definition) is 1. The number of rotatable bonds is 6. The van der Waals surface area contributed by atoms with E-state index in [0.717, 1.165) is 30.4 Å². The zero-order valence-electron chi connectivity index (χ0n) is 11.4. The second kappa shape index (κ2) is 5.85. The van der Waals surface area contributed by atoms with Crippen molar-refractivity contribution < 1.29 is 0 Å². The first-order valence-electron chi connectivity index (χ1n) is 7.02. The lowest BCUT2D eigenvalue weighted by Crippen LogP contribution is -2.16. The molecule has 1 N–H and O–H groups in total. The summed E-state index contributed by atoms with van der Waals surface area (Å²) >= 11 is 1.73. The van der Waals surface area contributed by atoms with Crippen molar-refractivity contribution in [1.29, 1.82) is 0 Å². The zero-order chi connectivity index (χ0) is 13.1. The van der Waals surface area contributed by atoms with Crippen LogP contribution in [0.25, 0.3) is 0 Å². The molecule has 1 fully saturated rings. The number of aryl methyl sites for hydroxylation is 1. The third-order valence-electron chi connectivity index (χ3n) is 3.58. The van der Waals surface area contributed by atoms with E-state index in [1.54, 1.807) is 11.3 Å². The summed E-state index contributed by atoms with van der Waals surface area (Å²) in [5.74, 6) is 0.856. The van der Waals surface area contributed by atoms with E-state index < -0.39 is 0 Å². The maximum absolute atomic E-state index is 4.47. The maximum Gasteiger partial charge on any atom is 0.0897 e. The second-order valence-corrected chi connectivity index (χ2v) is 6.36. The smallest absolute Gasteiger partial charge is 0.0897 e. The van der Waals surface area contributed by atoms with Crippen molar-refractivity contribution in [2.24, 2.45) is 0 Å². The molecule has 1 heterocycles. The number of benzene rings is 1. The highest BCUT2D eigenvalue weighted by Crippen LogP contribution is 2.39. The Bertz CT molecular complexity index is 526. The van der Waals surface area contributed by atoms with E-state index in [2.05, 4.69) is 46.9 Å². The fraction of sp³-hybridized carbons (Fsp3) is 0.438. The Kier molecular flexibility index (Phi) is 3.95. The molecule has 2 aromatic rings. The standard InChI is InChI=1S/C16H20N2S/c1-12-18-16(11-19-12)8-9-17-10-13-2-4-14(5-3-13)15-6-7-15/h2-5,11,15,17H,6-10H2,1H3. The van der Waals surface area contributed by atoms with E-state index in [4.69, 9.17) is 0 Å². The van der Waals surface area contributed by atoms with Crippen molar-refractivity contribution in [3.8, 4) is 0 Å². The molecule has 1 saturated carbocycles. The molecule has 0 spiro atoms. The molecule has 0 amide bonds. The Morgan fingerprint density at radius 1 is 1.26 bits per heavy atom. The van der Waals surface area contributed by atoms with Crippen LogP contribution in [0, 0.1) is 6.92 Å². The van der Waals surface area contributed by atoms with Gasteiger partial charge in [0.15, 0.2) is 0 Å². The largest absolute Gasteiger partial charge is 0.312 e. The summed E-state index contributed by atoms with van der Waals surface area (Å²) in [5, 5.41) is 6.80. The third kappa shape index (κ3) is 3.64. The van der Waals surface area contributed by atoms with Gasteiger partial charge in [0.25, 0.3) is 0 Å². The summed E-state index contributed by atoms with van der Waals surface area (Å²) in [6.45, 7) is 4.00. The van der Waals surface area contributed by atoms with E-state index in [9.17, 15) is 0 Å². The molecule has 0 saturated heterocycles. The first-order valence-corrected chi connectivity index (χ1v) is 7.90. The van der Waals surface area contributed by atoms with Gasteiger partial charge in [-0.3, -0.25) is 0 Å². The van der Waals surface area contributed by atoms with Crippen LogP contribution in [0.5, 0.6) is 0 Å². The molecule has 1 aliphatic rings. The van der Waals surface area contributed by atoms with Gasteiger partial charge in [-0.15, -0.1) is 11.3 Å². The second-order valence-electron chi connectivity index (χ2n) is 5.30. The van der Waals surface area contributed by atoms with Crippen molar-refractivity contribution in [2.75, 3.05) is 6.54 Å². The van der Waals surface area contributed by atoms with E-state index >= 15 is 0 Å². The van der Waals surface area contributed by atoms with Crippen molar-refractivity contribution in [3.63, 3.8) is 0 Å². The first-order chi connectivity index (χ1) is 9.31. The van der Waals surface area contributed by atoms with Crippen LogP contribution in [0.4, 0.5) is 0 Å². The third-order valence-corrected chi connectivity index (χ3v) is 4.40. The Morgan fingerprint density at radius 2 is 2.05 bits per heavy atom. The minimum absolute atomic E-state index is 0.856. The molecule has 0 bridgehead atoms. The molecule has 100 valence electrons. The molecule has 0 aliphatic heterocycles. The fourth-order valence-corrected chi connectivity index (χ4v) is 2.94. The van der Waals surface area contributed by atoms with Gasteiger partial charge < -0.3 is 5.32 Å². The van der Waals surface area contributed by atoms with Crippen LogP contribution in [0.3, 0.4) is 0 Å². The van der Waals surface area contributed by atoms with Gasteiger partial charge >= 0.3 is 0 Å². The molecule has 1 aromatic heterocycles. The lowest BCUT2D eigenvalue weighted by Gasteiger charge is -2.05. The Hall–Kier alpha value is -1.19. The quantitative estimate of drug-likeness (QED) is 0.812. The van der Waals surface area contributed by atoms with E-state index in [1.807, 2.05) is 0 Å². The van der Waals surface area contributed by atoms with Gasteiger partial charge in [0.1, 0.15) is 0 Å². The lowest BCUT2D eigenvalue weighted by atomic mass is 10.1. The summed E-state index contributed by atoms with van der Waals surface area (Å²) in [6.07, 6.45) is 3.78. The SMILES string of the molecule is Cc1nc(CCNCc2ccc(C3CC3)cc2)cs1. The van der Waals surface area contributed by atoms with Crippen LogP contribution in [0.1, 0.15) is 40.6 Å². The summed E-state index contributed by atoms with van der Waals surface area (Å²) in [7, 11) is 0. The minimum Gasteiger partial charge on any atom is -0.312 e. The monoisotopic (exact) mass is 272 g/mol. The van der Waals surface area contributed by atoms with Gasteiger partial charge in [0.2, 0.25) is 0 Å². The first kappa shape index (κ1) is 12.8. The summed E-state index contributed by atoms with van der Waals surface area (Å²) in [4.78, 5) is 4.47. The van der Waals surface area contributed by atoms with Gasteiger partial charge in [0, 0.05) is 24.9 Å². The molecule has 1 aromatic carbocycles. The predicted molar refractivity (Wildman–Crippen MR) is 80.7 cm³/mol. The zero-order valence-corrected chi connectivity index (χ0v) is 12.2. The van der Waals surface area contributed by atoms with Crippen LogP contribution in [-0.2, 0) is 13.0 Å². The molecule has 0 unspecified atom stereocenters. The molecular weight excluding hydrogens is 252 g/mol. The van der Waals surface area contributed by atoms with Crippen LogP contribution in [0.15, 0.2) is 29.6 Å². The fourth-order valence-electron chi connectivity index (χ4n) is 2.30. The number of hydrogen-bond acceptors (Lipinski definition) is 3. The van der Waals surface area contributed by atoms with Gasteiger partial charge in [-0.25, -0.2) is 4.98 Å². The molecule has 3 rings (SSSR count). The molecule has 0 atom stereocenters. The molecule has 2 nitrogen and oxygen atoms in total. The number of nitrogens with one attached hydrogen (secondary N) is 1. The van der Waals surface area contributed by atoms with Gasteiger partial charge in [-0.2, -0.15) is 0 Å². The molecule has 19 heavy (non-hydrogen) atoms. The number of thiazole rings is 1. The van der Waals surface area contributed by atoms with E-state index in [-0.39, 0.29) is 0 Å². The van der Waals surface area contributed by atoms with Crippen molar-refractivity contribution >= 4 is 11.3 Å². The molecule has 1 aliphatic carbocycles. The van der Waals surface area contributed by atoms with Crippen molar-refractivity contribution in [3.05, 3.63) is 51.5 Å². The van der Waals surface area contributed by atoms with Crippen LogP contribution in [0.2, 0.25) is 0 Å². The Morgan fingerprint density at radius 3 is 2.68 bits per heavy atom. The Labute approximate surface area is 118 Å².